The van der Waals surface area contributed by atoms with Gasteiger partial charge in [0.1, 0.15) is 60.6 Å². The topological polar surface area (TPSA) is 750 Å². The number of ether oxygens (including phenoxy) is 6. The predicted molar refractivity (Wildman–Crippen MR) is 322 cm³/mol. The highest BCUT2D eigenvalue weighted by Gasteiger charge is 2.63. The summed E-state index contributed by atoms with van der Waals surface area (Å²) in [5.41, 5.74) is -0.0491. The van der Waals surface area contributed by atoms with Crippen LogP contribution >= 0.6 is 0 Å². The molecular weight excluding hydrogens is 1680 g/mol. The van der Waals surface area contributed by atoms with Gasteiger partial charge in [-0.15, -0.1) is 5.10 Å². The van der Waals surface area contributed by atoms with Gasteiger partial charge in [0.05, 0.1) is 38.7 Å². The third-order valence-electron chi connectivity index (χ3n) is 20.2. The monoisotopic (exact) mass is 1750 g/mol. The summed E-state index contributed by atoms with van der Waals surface area (Å²) in [5, 5.41) is 7.67. The summed E-state index contributed by atoms with van der Waals surface area (Å²) in [5.74, 6) is 3.59. The molecule has 1 aromatic rings. The zero-order chi connectivity index (χ0) is 80.2. The standard InChI is InChI=1S/C48H81N3O46S10/c1-23(2)7-6-8-24(3)29-11-12-30-28-10-9-25-17-27(13-15-47(25,4)31(28)14-16-48(29,30)5)82-19-26-18-51(50-49-26)44-41(95-105(73,74)75)38(92-102(64,65)66)35(32(86-44)20-83-98(52,53)54)89-45-42(96-106(76,77)78)39(93-103(67,68)69)36(33(87-45)21-84-99(55,56)57)90-46-43(97-107(79,80)81)40(94-104(70,71)72)37(91-101(61,62)63)34(88-46)22-85-100(58,59)60/h18,23-25,27-46H,6-17,19-22H2,1-5H3,(H,52,53,54)(H,55,56,57)(H,58,59,60)(H,61,62,63)(H,64,65,66)(H,67,68,69)(H,70,71,72)(H,73,74,75)(H,76,77,78)(H,79,80,81)/p-10/t24-,25?,27+,28?,29-,30?,31?,32-,33-,34-,35-,36-,37-,38+,39+,40+,41-,42-,43-,44-,45-,46-,47+,48-/m1/s1. The van der Waals surface area contributed by atoms with Crippen molar-refractivity contribution in [3.8, 4) is 0 Å². The van der Waals surface area contributed by atoms with Crippen LogP contribution in [0.1, 0.15) is 124 Å². The van der Waals surface area contributed by atoms with Crippen molar-refractivity contribution in [2.24, 2.45) is 52.3 Å². The number of fused-ring (bicyclic) bond motifs is 5. The summed E-state index contributed by atoms with van der Waals surface area (Å²) < 4.78 is 444. The lowest BCUT2D eigenvalue weighted by atomic mass is 9.44. The molecule has 49 nitrogen and oxygen atoms in total. The lowest BCUT2D eigenvalue weighted by Gasteiger charge is -2.61. The van der Waals surface area contributed by atoms with Crippen molar-refractivity contribution in [2.45, 2.75) is 216 Å². The number of hydrogen-bond acceptors (Lipinski definition) is 48. The van der Waals surface area contributed by atoms with Gasteiger partial charge in [-0.1, -0.05) is 59.1 Å². The van der Waals surface area contributed by atoms with Gasteiger partial charge < -0.3 is 73.9 Å². The highest BCUT2D eigenvalue weighted by Crippen LogP contribution is 2.68. The first kappa shape index (κ1) is 90.1. The first-order valence-corrected chi connectivity index (χ1v) is 45.1. The summed E-state index contributed by atoms with van der Waals surface area (Å²) in [6, 6.07) is 0. The average molecular weight is 1750 g/mol. The van der Waals surface area contributed by atoms with E-state index in [2.05, 4.69) is 86.8 Å². The molecule has 0 spiro atoms. The smallest absolute Gasteiger partial charge is 0.218 e. The van der Waals surface area contributed by atoms with Crippen molar-refractivity contribution in [1.29, 1.82) is 0 Å². The van der Waals surface area contributed by atoms with Crippen LogP contribution in [0.2, 0.25) is 0 Å². The highest BCUT2D eigenvalue weighted by atomic mass is 32.3. The van der Waals surface area contributed by atoms with Crippen molar-refractivity contribution in [1.82, 2.24) is 15.0 Å². The number of rotatable bonds is 36. The van der Waals surface area contributed by atoms with E-state index < -0.39 is 229 Å². The van der Waals surface area contributed by atoms with E-state index in [1.165, 1.54) is 25.7 Å². The molecule has 624 valence electrons. The lowest BCUT2D eigenvalue weighted by molar-refractivity contribution is -0.364. The quantitative estimate of drug-likeness (QED) is 0.0453. The maximum Gasteiger partial charge on any atom is 0.218 e. The fourth-order valence-electron chi connectivity index (χ4n) is 16.4. The Morgan fingerprint density at radius 3 is 1.32 bits per heavy atom. The Balaban J connectivity index is 1.14. The molecule has 1 aromatic heterocycles. The molecule has 0 aromatic carbocycles. The summed E-state index contributed by atoms with van der Waals surface area (Å²) >= 11 is 0. The van der Waals surface area contributed by atoms with E-state index in [-0.39, 0.29) is 22.4 Å². The molecule has 107 heavy (non-hydrogen) atoms. The van der Waals surface area contributed by atoms with Gasteiger partial charge in [-0.3, -0.25) is 41.8 Å². The Labute approximate surface area is 615 Å². The Bertz CT molecular complexity index is 4480. The Hall–Kier alpha value is -2.40. The van der Waals surface area contributed by atoms with E-state index >= 15 is 0 Å². The molecule has 4 saturated carbocycles. The largest absolute Gasteiger partial charge is 0.726 e. The van der Waals surface area contributed by atoms with Crippen molar-refractivity contribution < 1.29 is 200 Å². The maximum absolute atomic E-state index is 12.8. The van der Waals surface area contributed by atoms with E-state index in [4.69, 9.17) is 28.4 Å². The lowest BCUT2D eigenvalue weighted by Crippen LogP contribution is -2.68. The molecule has 4 heterocycles. The third-order valence-corrected chi connectivity index (χ3v) is 24.7. The van der Waals surface area contributed by atoms with Crippen LogP contribution < -0.4 is 0 Å². The molecule has 7 fully saturated rings. The van der Waals surface area contributed by atoms with Crippen LogP contribution in [-0.2, 0) is 181 Å². The van der Waals surface area contributed by atoms with Gasteiger partial charge in [0.25, 0.3) is 0 Å². The molecule has 0 radical (unpaired) electrons. The van der Waals surface area contributed by atoms with Crippen molar-refractivity contribution in [3.63, 3.8) is 0 Å². The normalized spacial score (nSPS) is 36.3. The van der Waals surface area contributed by atoms with E-state index in [0.717, 1.165) is 44.7 Å². The first-order valence-electron chi connectivity index (χ1n) is 31.7. The molecule has 3 aliphatic heterocycles. The van der Waals surface area contributed by atoms with Crippen molar-refractivity contribution >= 4 is 104 Å². The fraction of sp³-hybridized carbons (Fsp3) is 0.958. The SMILES string of the molecule is CC(C)CCC[C@@H](C)[C@H]1CCC2C3CCC4C[C@@H](OCc5cn([C@@H]6O[C@H](COS(=O)(=O)[O-])[C@@H](O[C@H]7O[C@H](COS(=O)(=O)[O-])[C@@H](O[C@H]8O[C@H](COS(=O)(=O)[O-])[C@@H](OS(=O)(=O)[O-])[C@H](OS(=O)(=O)[O-])[C@H]8OS(=O)(=O)[O-])[C@H](OS(=O)(=O)[O-])[C@H]7OS(=O)(=O)[O-])[C@H](OS(=O)(=O)[O-])[C@H]6OS(=O)(=O)[O-])nn5)CC[C@]4(C)C3CC[C@@]21C. The number of hydrogen-bond donors (Lipinski definition) is 0. The van der Waals surface area contributed by atoms with Crippen LogP contribution in [0.25, 0.3) is 0 Å². The van der Waals surface area contributed by atoms with Crippen LogP contribution in [0.3, 0.4) is 0 Å². The van der Waals surface area contributed by atoms with Crippen LogP contribution in [0, 0.1) is 52.3 Å². The Kier molecular flexibility index (Phi) is 28.5. The molecule has 0 amide bonds. The molecule has 3 saturated heterocycles. The minimum atomic E-state index is -6.90. The zero-order valence-corrected chi connectivity index (χ0v) is 64.0. The van der Waals surface area contributed by atoms with Gasteiger partial charge in [0.2, 0.25) is 104 Å². The third kappa shape index (κ3) is 25.5. The van der Waals surface area contributed by atoms with E-state index in [9.17, 15) is 130 Å². The fourth-order valence-corrected chi connectivity index (χ4v) is 20.7. The van der Waals surface area contributed by atoms with E-state index in [0.29, 0.717) is 53.0 Å². The summed E-state index contributed by atoms with van der Waals surface area (Å²) in [4.78, 5) is 0. The Morgan fingerprint density at radius 2 is 0.860 bits per heavy atom. The second-order valence-corrected chi connectivity index (χ2v) is 37.5. The molecule has 4 unspecified atom stereocenters. The van der Waals surface area contributed by atoms with E-state index in [1.54, 1.807) is 0 Å². The molecule has 24 atom stereocenters. The molecule has 0 N–H and O–H groups in total. The Morgan fingerprint density at radius 1 is 0.458 bits per heavy atom. The first-order chi connectivity index (χ1) is 48.7. The molecule has 7 aliphatic rings. The summed E-state index contributed by atoms with van der Waals surface area (Å²) in [7, 11) is -65.7. The van der Waals surface area contributed by atoms with Gasteiger partial charge in [-0.05, 0) is 110 Å². The van der Waals surface area contributed by atoms with Gasteiger partial charge in [-0.25, -0.2) is 88.9 Å². The van der Waals surface area contributed by atoms with Crippen LogP contribution in [0.15, 0.2) is 6.20 Å². The van der Waals surface area contributed by atoms with Gasteiger partial charge in [0, 0.05) is 0 Å². The van der Waals surface area contributed by atoms with Gasteiger partial charge >= 0.3 is 0 Å². The number of aromatic nitrogens is 3. The van der Waals surface area contributed by atoms with E-state index in [1.807, 2.05) is 0 Å². The molecule has 4 aliphatic carbocycles. The second-order valence-electron chi connectivity index (χ2n) is 27.3. The van der Waals surface area contributed by atoms with Crippen LogP contribution in [-0.4, -0.2) is 256 Å². The predicted octanol–water partition coefficient (Wildman–Crippen LogP) is -4.25. The van der Waals surface area contributed by atoms with Crippen molar-refractivity contribution in [3.05, 3.63) is 11.9 Å². The number of nitrogens with zero attached hydrogens (tertiary/aromatic N) is 3. The molecule has 0 bridgehead atoms. The minimum Gasteiger partial charge on any atom is -0.726 e. The van der Waals surface area contributed by atoms with Crippen molar-refractivity contribution in [2.75, 3.05) is 19.8 Å². The molecule has 8 rings (SSSR count). The minimum absolute atomic E-state index is 0.0503. The average Bonchev–Trinajstić information content (AvgIpc) is 1.69. The van der Waals surface area contributed by atoms with Crippen LogP contribution in [0.4, 0.5) is 0 Å². The highest BCUT2D eigenvalue weighted by molar-refractivity contribution is 7.83. The summed E-state index contributed by atoms with van der Waals surface area (Å²) in [6.07, 6.45) is -40.0. The van der Waals surface area contributed by atoms with Crippen LogP contribution in [0.5, 0.6) is 0 Å². The summed E-state index contributed by atoms with van der Waals surface area (Å²) in [6.45, 7) is 4.58. The molecular formula is C48H71N3O46S10-10. The van der Waals surface area contributed by atoms with Gasteiger partial charge in [-0.2, -0.15) is 0 Å². The molecule has 59 heteroatoms. The van der Waals surface area contributed by atoms with Gasteiger partial charge in [0.15, 0.2) is 37.1 Å². The maximum atomic E-state index is 12.8. The second kappa shape index (κ2) is 33.8. The zero-order valence-electron chi connectivity index (χ0n) is 55.9.